The number of anilines is 1. The number of rotatable bonds is 3. The molecule has 0 bridgehead atoms. The number of ether oxygens (including phenoxy) is 1. The summed E-state index contributed by atoms with van der Waals surface area (Å²) in [7, 11) is 1.14. The summed E-state index contributed by atoms with van der Waals surface area (Å²) in [6.07, 6.45) is -4.26. The SMILES string of the molecule is COC(=O)c1ncn(C(C)CC(F)(F)F)c1N. The molecule has 1 aromatic heterocycles. The van der Waals surface area contributed by atoms with Gasteiger partial charge in [0.25, 0.3) is 0 Å². The highest BCUT2D eigenvalue weighted by Gasteiger charge is 2.32. The zero-order chi connectivity index (χ0) is 13.2. The second-order valence-corrected chi connectivity index (χ2v) is 3.55. The lowest BCUT2D eigenvalue weighted by Crippen LogP contribution is -2.18. The smallest absolute Gasteiger partial charge is 0.391 e. The summed E-state index contributed by atoms with van der Waals surface area (Å²) in [5, 5.41) is 0. The molecule has 0 saturated heterocycles. The molecule has 0 amide bonds. The van der Waals surface area contributed by atoms with Crippen molar-refractivity contribution in [3.63, 3.8) is 0 Å². The van der Waals surface area contributed by atoms with Crippen LogP contribution in [0.1, 0.15) is 29.9 Å². The van der Waals surface area contributed by atoms with Gasteiger partial charge < -0.3 is 15.0 Å². The van der Waals surface area contributed by atoms with Crippen molar-refractivity contribution in [2.24, 2.45) is 0 Å². The first kappa shape index (κ1) is 13.3. The quantitative estimate of drug-likeness (QED) is 0.831. The van der Waals surface area contributed by atoms with Gasteiger partial charge in [0, 0.05) is 6.04 Å². The summed E-state index contributed by atoms with van der Waals surface area (Å²) in [6, 6.07) is -0.930. The Morgan fingerprint density at radius 3 is 2.71 bits per heavy atom. The first-order valence-electron chi connectivity index (χ1n) is 4.73. The first-order chi connectivity index (χ1) is 7.76. The molecule has 0 aliphatic carbocycles. The lowest BCUT2D eigenvalue weighted by atomic mass is 10.2. The molecule has 0 aromatic carbocycles. The lowest BCUT2D eigenvalue weighted by molar-refractivity contribution is -0.141. The fourth-order valence-corrected chi connectivity index (χ4v) is 1.41. The first-order valence-corrected chi connectivity index (χ1v) is 4.73. The van der Waals surface area contributed by atoms with E-state index in [1.165, 1.54) is 6.92 Å². The average Bonchev–Trinajstić information content (AvgIpc) is 2.56. The maximum Gasteiger partial charge on any atom is 0.391 e. The molecule has 1 unspecified atom stereocenters. The largest absolute Gasteiger partial charge is 0.464 e. The third-order valence-corrected chi connectivity index (χ3v) is 2.21. The van der Waals surface area contributed by atoms with Gasteiger partial charge in [-0.1, -0.05) is 0 Å². The molecule has 0 spiro atoms. The third-order valence-electron chi connectivity index (χ3n) is 2.21. The molecule has 0 fully saturated rings. The van der Waals surface area contributed by atoms with Crippen LogP contribution in [-0.2, 0) is 4.74 Å². The van der Waals surface area contributed by atoms with E-state index < -0.39 is 24.6 Å². The van der Waals surface area contributed by atoms with E-state index in [4.69, 9.17) is 5.73 Å². The Morgan fingerprint density at radius 1 is 1.65 bits per heavy atom. The van der Waals surface area contributed by atoms with Crippen molar-refractivity contribution >= 4 is 11.8 Å². The van der Waals surface area contributed by atoms with Crippen LogP contribution in [0.3, 0.4) is 0 Å². The van der Waals surface area contributed by atoms with Gasteiger partial charge in [-0.25, -0.2) is 9.78 Å². The van der Waals surface area contributed by atoms with Gasteiger partial charge in [-0.2, -0.15) is 13.2 Å². The van der Waals surface area contributed by atoms with Gasteiger partial charge in [0.2, 0.25) is 0 Å². The fraction of sp³-hybridized carbons (Fsp3) is 0.556. The molecule has 0 saturated carbocycles. The Hall–Kier alpha value is -1.73. The monoisotopic (exact) mass is 251 g/mol. The normalized spacial score (nSPS) is 13.5. The Labute approximate surface area is 95.4 Å². The summed E-state index contributed by atoms with van der Waals surface area (Å²) in [4.78, 5) is 14.8. The van der Waals surface area contributed by atoms with Crippen molar-refractivity contribution in [3.05, 3.63) is 12.0 Å². The van der Waals surface area contributed by atoms with Gasteiger partial charge in [-0.3, -0.25) is 0 Å². The Morgan fingerprint density at radius 2 is 2.24 bits per heavy atom. The van der Waals surface area contributed by atoms with Crippen molar-refractivity contribution in [1.29, 1.82) is 0 Å². The number of carbonyl (C=O) groups excluding carboxylic acids is 1. The molecule has 0 aliphatic heterocycles. The number of esters is 1. The van der Waals surface area contributed by atoms with Crippen LogP contribution in [0.2, 0.25) is 0 Å². The molecule has 2 N–H and O–H groups in total. The van der Waals surface area contributed by atoms with Gasteiger partial charge >= 0.3 is 12.1 Å². The van der Waals surface area contributed by atoms with Gasteiger partial charge in [0.1, 0.15) is 5.82 Å². The standard InChI is InChI=1S/C9H12F3N3O2/c1-5(3-9(10,11)12)15-4-14-6(7(15)13)8(16)17-2/h4-5H,3,13H2,1-2H3. The highest BCUT2D eigenvalue weighted by atomic mass is 19.4. The van der Waals surface area contributed by atoms with E-state index in [-0.39, 0.29) is 11.5 Å². The van der Waals surface area contributed by atoms with Crippen molar-refractivity contribution < 1.29 is 22.7 Å². The van der Waals surface area contributed by atoms with Crippen molar-refractivity contribution in [3.8, 4) is 0 Å². The fourth-order valence-electron chi connectivity index (χ4n) is 1.41. The number of aromatic nitrogens is 2. The Balaban J connectivity index is 2.93. The summed E-state index contributed by atoms with van der Waals surface area (Å²) in [5.74, 6) is -0.908. The second-order valence-electron chi connectivity index (χ2n) is 3.55. The van der Waals surface area contributed by atoms with Crippen LogP contribution in [0.5, 0.6) is 0 Å². The zero-order valence-electron chi connectivity index (χ0n) is 9.28. The highest BCUT2D eigenvalue weighted by Crippen LogP contribution is 2.29. The molecule has 0 aliphatic rings. The molecule has 0 radical (unpaired) electrons. The van der Waals surface area contributed by atoms with Crippen molar-refractivity contribution in [2.75, 3.05) is 12.8 Å². The van der Waals surface area contributed by atoms with Crippen LogP contribution in [0.15, 0.2) is 6.33 Å². The number of methoxy groups -OCH3 is 1. The molecular formula is C9H12F3N3O2. The predicted octanol–water partition coefficient (Wildman–Crippen LogP) is 1.77. The lowest BCUT2D eigenvalue weighted by Gasteiger charge is -2.16. The zero-order valence-corrected chi connectivity index (χ0v) is 9.28. The van der Waals surface area contributed by atoms with E-state index in [9.17, 15) is 18.0 Å². The van der Waals surface area contributed by atoms with Crippen LogP contribution in [0, 0.1) is 0 Å². The minimum atomic E-state index is -4.30. The number of hydrogen-bond acceptors (Lipinski definition) is 4. The van der Waals surface area contributed by atoms with E-state index in [0.717, 1.165) is 18.0 Å². The van der Waals surface area contributed by atoms with Gasteiger partial charge in [0.05, 0.1) is 19.9 Å². The third kappa shape index (κ3) is 3.11. The Bertz CT molecular complexity index is 414. The summed E-state index contributed by atoms with van der Waals surface area (Å²) in [6.45, 7) is 1.34. The van der Waals surface area contributed by atoms with Gasteiger partial charge in [-0.15, -0.1) is 0 Å². The number of alkyl halides is 3. The summed E-state index contributed by atoms with van der Waals surface area (Å²) >= 11 is 0. The van der Waals surface area contributed by atoms with Crippen LogP contribution < -0.4 is 5.73 Å². The average molecular weight is 251 g/mol. The summed E-state index contributed by atoms with van der Waals surface area (Å²) < 4.78 is 42.1. The van der Waals surface area contributed by atoms with Gasteiger partial charge in [-0.05, 0) is 6.92 Å². The van der Waals surface area contributed by atoms with Crippen molar-refractivity contribution in [2.45, 2.75) is 25.6 Å². The molecule has 96 valence electrons. The molecule has 1 aromatic rings. The number of nitrogens with zero attached hydrogens (tertiary/aromatic N) is 2. The minimum absolute atomic E-state index is 0.131. The van der Waals surface area contributed by atoms with Crippen LogP contribution in [0.25, 0.3) is 0 Å². The molecule has 17 heavy (non-hydrogen) atoms. The molecular weight excluding hydrogens is 239 g/mol. The van der Waals surface area contributed by atoms with E-state index in [0.29, 0.717) is 0 Å². The minimum Gasteiger partial charge on any atom is -0.464 e. The highest BCUT2D eigenvalue weighted by molar-refractivity contribution is 5.92. The molecule has 8 heteroatoms. The van der Waals surface area contributed by atoms with Crippen LogP contribution >= 0.6 is 0 Å². The van der Waals surface area contributed by atoms with Crippen LogP contribution in [-0.4, -0.2) is 28.8 Å². The number of hydrogen-bond donors (Lipinski definition) is 1. The number of nitrogens with two attached hydrogens (primary N) is 1. The van der Waals surface area contributed by atoms with E-state index in [2.05, 4.69) is 9.72 Å². The number of nitrogen functional groups attached to an aromatic ring is 1. The van der Waals surface area contributed by atoms with Crippen LogP contribution in [0.4, 0.5) is 19.0 Å². The number of imidazole rings is 1. The second kappa shape index (κ2) is 4.64. The maximum atomic E-state index is 12.2. The van der Waals surface area contributed by atoms with E-state index in [1.54, 1.807) is 0 Å². The number of carbonyl (C=O) groups is 1. The molecule has 1 heterocycles. The van der Waals surface area contributed by atoms with Crippen molar-refractivity contribution in [1.82, 2.24) is 9.55 Å². The maximum absolute atomic E-state index is 12.2. The summed E-state index contributed by atoms with van der Waals surface area (Å²) in [5.41, 5.74) is 5.35. The molecule has 5 nitrogen and oxygen atoms in total. The number of halogens is 3. The van der Waals surface area contributed by atoms with Gasteiger partial charge in [0.15, 0.2) is 5.69 Å². The Kier molecular flexibility index (Phi) is 3.64. The van der Waals surface area contributed by atoms with E-state index >= 15 is 0 Å². The predicted molar refractivity (Wildman–Crippen MR) is 53.4 cm³/mol. The van der Waals surface area contributed by atoms with E-state index in [1.807, 2.05) is 0 Å². The topological polar surface area (TPSA) is 70.1 Å². The molecule has 1 atom stereocenters. The molecule has 1 rings (SSSR count).